The number of benzene rings is 2. The van der Waals surface area contributed by atoms with Crippen LogP contribution in [-0.4, -0.2) is 9.55 Å². The molecule has 3 nitrogen and oxygen atoms in total. The number of para-hydroxylation sites is 1. The van der Waals surface area contributed by atoms with Crippen LogP contribution in [0.25, 0.3) is 16.6 Å². The number of rotatable bonds is 2. The first kappa shape index (κ1) is 13.8. The first-order valence-electron chi connectivity index (χ1n) is 6.92. The highest BCUT2D eigenvalue weighted by atomic mass is 32.1. The van der Waals surface area contributed by atoms with Gasteiger partial charge in [0.15, 0.2) is 4.77 Å². The summed E-state index contributed by atoms with van der Waals surface area (Å²) in [5.41, 5.74) is 2.67. The van der Waals surface area contributed by atoms with Gasteiger partial charge in [0.25, 0.3) is 5.56 Å². The highest BCUT2D eigenvalue weighted by molar-refractivity contribution is 7.71. The summed E-state index contributed by atoms with van der Waals surface area (Å²) in [7, 11) is 0. The number of fused-ring (bicyclic) bond motifs is 1. The largest absolute Gasteiger partial charge is 0.331 e. The van der Waals surface area contributed by atoms with Gasteiger partial charge in [-0.3, -0.25) is 9.36 Å². The van der Waals surface area contributed by atoms with Gasteiger partial charge in [-0.25, -0.2) is 0 Å². The molecule has 106 valence electrons. The molecule has 2 aromatic carbocycles. The van der Waals surface area contributed by atoms with Crippen LogP contribution in [0.1, 0.15) is 25.3 Å². The standard InChI is InChI=1S/C17H16N2OS/c1-11(2)12-6-5-7-13(10-12)19-16(20)14-8-3-4-9-15(14)18-17(19)21/h3-11H,1-2H3,(H,18,21). The zero-order valence-corrected chi connectivity index (χ0v) is 12.8. The van der Waals surface area contributed by atoms with E-state index in [9.17, 15) is 4.79 Å². The molecule has 0 bridgehead atoms. The second-order valence-electron chi connectivity index (χ2n) is 5.37. The van der Waals surface area contributed by atoms with E-state index in [-0.39, 0.29) is 5.56 Å². The predicted octanol–water partition coefficient (Wildman–Crippen LogP) is 4.17. The third kappa shape index (κ3) is 2.43. The van der Waals surface area contributed by atoms with E-state index in [2.05, 4.69) is 24.9 Å². The average molecular weight is 296 g/mol. The van der Waals surface area contributed by atoms with Crippen LogP contribution in [-0.2, 0) is 0 Å². The summed E-state index contributed by atoms with van der Waals surface area (Å²) in [6, 6.07) is 15.4. The third-order valence-corrected chi connectivity index (χ3v) is 3.88. The fourth-order valence-corrected chi connectivity index (χ4v) is 2.72. The molecular formula is C17H16N2OS. The minimum atomic E-state index is -0.0877. The number of aromatic nitrogens is 2. The normalized spacial score (nSPS) is 11.2. The first-order chi connectivity index (χ1) is 10.1. The maximum atomic E-state index is 12.7. The predicted molar refractivity (Wildman–Crippen MR) is 88.8 cm³/mol. The van der Waals surface area contributed by atoms with Crippen LogP contribution in [0.4, 0.5) is 0 Å². The first-order valence-corrected chi connectivity index (χ1v) is 7.33. The Morgan fingerprint density at radius 1 is 1.10 bits per heavy atom. The molecule has 0 unspecified atom stereocenters. The van der Waals surface area contributed by atoms with Crippen molar-refractivity contribution in [2.45, 2.75) is 19.8 Å². The summed E-state index contributed by atoms with van der Waals surface area (Å²) in [6.07, 6.45) is 0. The van der Waals surface area contributed by atoms with Crippen LogP contribution < -0.4 is 5.56 Å². The lowest BCUT2D eigenvalue weighted by Gasteiger charge is -2.11. The van der Waals surface area contributed by atoms with Crippen LogP contribution in [0.5, 0.6) is 0 Å². The summed E-state index contributed by atoms with van der Waals surface area (Å²) in [4.78, 5) is 15.8. The molecule has 0 aliphatic carbocycles. The van der Waals surface area contributed by atoms with Crippen molar-refractivity contribution in [3.8, 4) is 5.69 Å². The molecule has 3 aromatic rings. The number of nitrogens with one attached hydrogen (secondary N) is 1. The molecule has 1 N–H and O–H groups in total. The minimum absolute atomic E-state index is 0.0877. The Morgan fingerprint density at radius 3 is 2.62 bits per heavy atom. The monoisotopic (exact) mass is 296 g/mol. The highest BCUT2D eigenvalue weighted by Crippen LogP contribution is 2.18. The maximum Gasteiger partial charge on any atom is 0.266 e. The average Bonchev–Trinajstić information content (AvgIpc) is 2.47. The van der Waals surface area contributed by atoms with Crippen LogP contribution >= 0.6 is 12.2 Å². The molecule has 0 saturated heterocycles. The lowest BCUT2D eigenvalue weighted by molar-refractivity contribution is 0.857. The van der Waals surface area contributed by atoms with Gasteiger partial charge < -0.3 is 4.98 Å². The van der Waals surface area contributed by atoms with Crippen LogP contribution in [0, 0.1) is 4.77 Å². The second-order valence-corrected chi connectivity index (χ2v) is 5.75. The molecule has 1 aromatic heterocycles. The van der Waals surface area contributed by atoms with Crippen LogP contribution in [0.3, 0.4) is 0 Å². The van der Waals surface area contributed by atoms with E-state index in [1.54, 1.807) is 4.57 Å². The van der Waals surface area contributed by atoms with Crippen molar-refractivity contribution >= 4 is 23.1 Å². The van der Waals surface area contributed by atoms with Crippen molar-refractivity contribution in [2.75, 3.05) is 0 Å². The van der Waals surface area contributed by atoms with E-state index in [0.717, 1.165) is 11.2 Å². The molecule has 0 spiro atoms. The van der Waals surface area contributed by atoms with Gasteiger partial charge in [-0.1, -0.05) is 38.1 Å². The number of H-pyrrole nitrogens is 1. The molecule has 0 saturated carbocycles. The summed E-state index contributed by atoms with van der Waals surface area (Å²) in [5.74, 6) is 0.402. The summed E-state index contributed by atoms with van der Waals surface area (Å²) in [5, 5.41) is 0.640. The Hall–Kier alpha value is -2.20. The Morgan fingerprint density at radius 2 is 1.86 bits per heavy atom. The van der Waals surface area contributed by atoms with E-state index in [0.29, 0.717) is 16.1 Å². The van der Waals surface area contributed by atoms with E-state index in [1.807, 2.05) is 42.5 Å². The van der Waals surface area contributed by atoms with Crippen molar-refractivity contribution in [3.63, 3.8) is 0 Å². The molecule has 21 heavy (non-hydrogen) atoms. The van der Waals surface area contributed by atoms with E-state index in [1.165, 1.54) is 5.56 Å². The van der Waals surface area contributed by atoms with Crippen LogP contribution in [0.15, 0.2) is 53.3 Å². The molecule has 0 amide bonds. The summed E-state index contributed by atoms with van der Waals surface area (Å²) >= 11 is 5.37. The fourth-order valence-electron chi connectivity index (χ4n) is 2.42. The Balaban J connectivity index is 2.33. The molecule has 0 aliphatic rings. The highest BCUT2D eigenvalue weighted by Gasteiger charge is 2.08. The third-order valence-electron chi connectivity index (χ3n) is 3.60. The van der Waals surface area contributed by atoms with Crippen LogP contribution in [0.2, 0.25) is 0 Å². The van der Waals surface area contributed by atoms with Gasteiger partial charge in [0, 0.05) is 0 Å². The number of aromatic amines is 1. The molecule has 0 aliphatic heterocycles. The van der Waals surface area contributed by atoms with Crippen molar-refractivity contribution in [3.05, 3.63) is 69.2 Å². The SMILES string of the molecule is CC(C)c1cccc(-n2c(=S)[nH]c3ccccc3c2=O)c1. The number of hydrogen-bond donors (Lipinski definition) is 1. The van der Waals surface area contributed by atoms with Gasteiger partial charge in [-0.15, -0.1) is 0 Å². The van der Waals surface area contributed by atoms with Gasteiger partial charge in [0.2, 0.25) is 0 Å². The lowest BCUT2D eigenvalue weighted by Crippen LogP contribution is -2.20. The van der Waals surface area contributed by atoms with Crippen molar-refractivity contribution in [2.24, 2.45) is 0 Å². The minimum Gasteiger partial charge on any atom is -0.331 e. The molecule has 0 fully saturated rings. The van der Waals surface area contributed by atoms with E-state index in [4.69, 9.17) is 12.2 Å². The number of hydrogen-bond acceptors (Lipinski definition) is 2. The topological polar surface area (TPSA) is 37.8 Å². The fraction of sp³-hybridized carbons (Fsp3) is 0.176. The molecule has 4 heteroatoms. The molecule has 3 rings (SSSR count). The van der Waals surface area contributed by atoms with Gasteiger partial charge in [0.05, 0.1) is 16.6 Å². The quantitative estimate of drug-likeness (QED) is 0.721. The molecule has 1 heterocycles. The zero-order chi connectivity index (χ0) is 15.0. The lowest BCUT2D eigenvalue weighted by atomic mass is 10.0. The van der Waals surface area contributed by atoms with Gasteiger partial charge in [0.1, 0.15) is 0 Å². The van der Waals surface area contributed by atoms with Crippen molar-refractivity contribution < 1.29 is 0 Å². The van der Waals surface area contributed by atoms with Gasteiger partial charge in [-0.2, -0.15) is 0 Å². The summed E-state index contributed by atoms with van der Waals surface area (Å²) in [6.45, 7) is 4.26. The van der Waals surface area contributed by atoms with Crippen molar-refractivity contribution in [1.82, 2.24) is 9.55 Å². The molecule has 0 atom stereocenters. The van der Waals surface area contributed by atoms with Gasteiger partial charge >= 0.3 is 0 Å². The Kier molecular flexibility index (Phi) is 3.47. The zero-order valence-electron chi connectivity index (χ0n) is 12.0. The maximum absolute atomic E-state index is 12.7. The smallest absolute Gasteiger partial charge is 0.266 e. The Labute approximate surface area is 127 Å². The number of nitrogens with zero attached hydrogens (tertiary/aromatic N) is 1. The summed E-state index contributed by atoms with van der Waals surface area (Å²) < 4.78 is 1.98. The molecular weight excluding hydrogens is 280 g/mol. The second kappa shape index (κ2) is 5.30. The Bertz CT molecular complexity index is 922. The van der Waals surface area contributed by atoms with E-state index < -0.39 is 0 Å². The molecule has 0 radical (unpaired) electrons. The van der Waals surface area contributed by atoms with Crippen molar-refractivity contribution in [1.29, 1.82) is 0 Å². The van der Waals surface area contributed by atoms with E-state index >= 15 is 0 Å². The van der Waals surface area contributed by atoms with Gasteiger partial charge in [-0.05, 0) is 48.0 Å².